The fourth-order valence-corrected chi connectivity index (χ4v) is 6.10. The summed E-state index contributed by atoms with van der Waals surface area (Å²) < 4.78 is 5.13. The molecule has 0 spiro atoms. The fraction of sp³-hybridized carbons (Fsp3) is 0.875. The molecular weight excluding hydrogens is 270 g/mol. The van der Waals surface area contributed by atoms with E-state index in [4.69, 9.17) is 4.74 Å². The predicted molar refractivity (Wildman–Crippen MR) is 80.9 cm³/mol. The molecule has 0 N–H and O–H groups in total. The van der Waals surface area contributed by atoms with Crippen molar-refractivity contribution in [3.05, 3.63) is 0 Å². The fourth-order valence-electron chi connectivity index (χ4n) is 4.70. The number of thioether (sulfide) groups is 1. The molecule has 3 fully saturated rings. The van der Waals surface area contributed by atoms with Crippen LogP contribution in [0.3, 0.4) is 0 Å². The van der Waals surface area contributed by atoms with Crippen LogP contribution in [-0.4, -0.2) is 28.9 Å². The van der Waals surface area contributed by atoms with Crippen molar-refractivity contribution < 1.29 is 9.53 Å². The Morgan fingerprint density at radius 2 is 2.25 bits per heavy atom. The van der Waals surface area contributed by atoms with Crippen molar-refractivity contribution >= 4 is 22.7 Å². The molecule has 110 valence electrons. The van der Waals surface area contributed by atoms with Gasteiger partial charge in [0.05, 0.1) is 11.7 Å². The van der Waals surface area contributed by atoms with E-state index in [9.17, 15) is 4.79 Å². The van der Waals surface area contributed by atoms with Gasteiger partial charge in [0.25, 0.3) is 5.91 Å². The molecule has 0 aromatic carbocycles. The van der Waals surface area contributed by atoms with E-state index in [1.54, 1.807) is 11.8 Å². The summed E-state index contributed by atoms with van der Waals surface area (Å²) in [6.45, 7) is 3.61. The Morgan fingerprint density at radius 3 is 2.90 bits per heavy atom. The molecule has 1 amide bonds. The van der Waals surface area contributed by atoms with Crippen molar-refractivity contribution in [3.8, 4) is 0 Å². The van der Waals surface area contributed by atoms with Gasteiger partial charge in [-0.25, -0.2) is 4.99 Å². The highest BCUT2D eigenvalue weighted by atomic mass is 32.2. The Morgan fingerprint density at radius 1 is 1.35 bits per heavy atom. The molecule has 0 aromatic heterocycles. The van der Waals surface area contributed by atoms with Crippen LogP contribution in [0.25, 0.3) is 0 Å². The zero-order valence-corrected chi connectivity index (χ0v) is 13.0. The summed E-state index contributed by atoms with van der Waals surface area (Å²) in [6.07, 6.45) is 7.73. The Bertz CT molecular complexity index is 457. The third-order valence-corrected chi connectivity index (χ3v) is 7.44. The third-order valence-electron chi connectivity index (χ3n) is 6.01. The molecule has 2 aliphatic carbocycles. The minimum absolute atomic E-state index is 0.0937. The lowest BCUT2D eigenvalue weighted by Crippen LogP contribution is -2.37. The molecule has 2 aliphatic heterocycles. The molecule has 1 unspecified atom stereocenters. The highest BCUT2D eigenvalue weighted by molar-refractivity contribution is 8.16. The van der Waals surface area contributed by atoms with Crippen molar-refractivity contribution in [2.75, 3.05) is 13.2 Å². The van der Waals surface area contributed by atoms with Gasteiger partial charge in [-0.1, -0.05) is 18.2 Å². The van der Waals surface area contributed by atoms with E-state index in [-0.39, 0.29) is 10.7 Å². The summed E-state index contributed by atoms with van der Waals surface area (Å²) in [5, 5.41) is 1.11. The maximum atomic E-state index is 12.4. The van der Waals surface area contributed by atoms with Gasteiger partial charge in [0.1, 0.15) is 4.75 Å². The number of hydrogen-bond donors (Lipinski definition) is 0. The third kappa shape index (κ3) is 2.07. The molecule has 2 heterocycles. The van der Waals surface area contributed by atoms with Gasteiger partial charge >= 0.3 is 0 Å². The first-order chi connectivity index (χ1) is 9.65. The van der Waals surface area contributed by atoms with E-state index in [0.29, 0.717) is 5.92 Å². The molecule has 5 atom stereocenters. The monoisotopic (exact) mass is 293 g/mol. The van der Waals surface area contributed by atoms with Gasteiger partial charge in [0, 0.05) is 12.5 Å². The lowest BCUT2D eigenvalue weighted by molar-refractivity contribution is -0.120. The average Bonchev–Trinajstić information content (AvgIpc) is 3.16. The zero-order valence-electron chi connectivity index (χ0n) is 12.1. The Kier molecular flexibility index (Phi) is 3.22. The molecule has 2 saturated carbocycles. The molecular formula is C16H23NO2S. The second-order valence-electron chi connectivity index (χ2n) is 7.22. The molecule has 4 heteroatoms. The second kappa shape index (κ2) is 4.84. The van der Waals surface area contributed by atoms with Crippen molar-refractivity contribution in [2.45, 2.75) is 50.2 Å². The maximum absolute atomic E-state index is 12.4. The minimum atomic E-state index is -0.344. The van der Waals surface area contributed by atoms with E-state index in [2.05, 4.69) is 11.9 Å². The highest BCUT2D eigenvalue weighted by Crippen LogP contribution is 2.52. The van der Waals surface area contributed by atoms with Crippen LogP contribution in [0.15, 0.2) is 4.99 Å². The summed E-state index contributed by atoms with van der Waals surface area (Å²) in [6, 6.07) is 0. The Hall–Kier alpha value is -0.350. The number of carbonyl (C=O) groups is 1. The molecule has 20 heavy (non-hydrogen) atoms. The molecule has 3 nitrogen and oxygen atoms in total. The SMILES string of the molecule is CC1([C@@H]2CCOC2)SC(C[C@H]2C[C@@H]3CC[C@H]2C3)=NC1=O. The van der Waals surface area contributed by atoms with Gasteiger partial charge in [0.15, 0.2) is 0 Å². The number of aliphatic imine (C=N–C) groups is 1. The first-order valence-corrected chi connectivity index (χ1v) is 8.85. The number of fused-ring (bicyclic) bond motifs is 2. The van der Waals surface area contributed by atoms with Gasteiger partial charge in [-0.15, -0.1) is 0 Å². The van der Waals surface area contributed by atoms with Gasteiger partial charge in [-0.3, -0.25) is 4.79 Å². The topological polar surface area (TPSA) is 38.7 Å². The smallest absolute Gasteiger partial charge is 0.263 e. The number of ether oxygens (including phenoxy) is 1. The van der Waals surface area contributed by atoms with Gasteiger partial charge in [-0.05, 0) is 56.8 Å². The van der Waals surface area contributed by atoms with Crippen LogP contribution in [0.4, 0.5) is 0 Å². The van der Waals surface area contributed by atoms with Crippen LogP contribution in [0.1, 0.15) is 45.4 Å². The first-order valence-electron chi connectivity index (χ1n) is 8.04. The van der Waals surface area contributed by atoms with Crippen molar-refractivity contribution in [3.63, 3.8) is 0 Å². The number of nitrogens with zero attached hydrogens (tertiary/aromatic N) is 1. The second-order valence-corrected chi connectivity index (χ2v) is 8.74. The lowest BCUT2D eigenvalue weighted by Gasteiger charge is -2.27. The summed E-state index contributed by atoms with van der Waals surface area (Å²) in [4.78, 5) is 16.8. The summed E-state index contributed by atoms with van der Waals surface area (Å²) >= 11 is 1.75. The number of carbonyl (C=O) groups excluding carboxylic acids is 1. The molecule has 4 rings (SSSR count). The standard InChI is InChI=1S/C16H23NO2S/c1-16(13-4-5-19-9-13)15(18)17-14(20-16)8-12-7-10-2-3-11(12)6-10/h10-13H,2-9H2,1H3/t10-,11+,12-,13-,16?/m1/s1. The summed E-state index contributed by atoms with van der Waals surface area (Å²) in [5.41, 5.74) is 0. The van der Waals surface area contributed by atoms with Crippen LogP contribution < -0.4 is 0 Å². The molecule has 0 radical (unpaired) electrons. The van der Waals surface area contributed by atoms with Crippen LogP contribution in [0, 0.1) is 23.7 Å². The van der Waals surface area contributed by atoms with E-state index in [0.717, 1.165) is 48.9 Å². The quantitative estimate of drug-likeness (QED) is 0.801. The van der Waals surface area contributed by atoms with Gasteiger partial charge < -0.3 is 4.74 Å². The van der Waals surface area contributed by atoms with E-state index in [1.807, 2.05) is 0 Å². The molecule has 0 aromatic rings. The Labute approximate surface area is 124 Å². The zero-order chi connectivity index (χ0) is 13.7. The van der Waals surface area contributed by atoms with Crippen LogP contribution in [0.5, 0.6) is 0 Å². The molecule has 4 aliphatic rings. The molecule has 2 bridgehead atoms. The largest absolute Gasteiger partial charge is 0.381 e. The normalized spacial score (nSPS) is 47.2. The highest BCUT2D eigenvalue weighted by Gasteiger charge is 2.49. The molecule has 1 saturated heterocycles. The number of hydrogen-bond acceptors (Lipinski definition) is 3. The number of amides is 1. The van der Waals surface area contributed by atoms with Crippen molar-refractivity contribution in [2.24, 2.45) is 28.7 Å². The average molecular weight is 293 g/mol. The van der Waals surface area contributed by atoms with Crippen molar-refractivity contribution in [1.82, 2.24) is 0 Å². The first kappa shape index (κ1) is 13.3. The number of rotatable bonds is 3. The summed E-state index contributed by atoms with van der Waals surface area (Å²) in [7, 11) is 0. The van der Waals surface area contributed by atoms with E-state index < -0.39 is 0 Å². The lowest BCUT2D eigenvalue weighted by atomic mass is 9.87. The van der Waals surface area contributed by atoms with Crippen LogP contribution in [0.2, 0.25) is 0 Å². The van der Waals surface area contributed by atoms with Gasteiger partial charge in [-0.2, -0.15) is 0 Å². The maximum Gasteiger partial charge on any atom is 0.263 e. The minimum Gasteiger partial charge on any atom is -0.381 e. The summed E-state index contributed by atoms with van der Waals surface area (Å²) in [5.74, 6) is 3.13. The van der Waals surface area contributed by atoms with Crippen LogP contribution >= 0.6 is 11.8 Å². The van der Waals surface area contributed by atoms with E-state index in [1.165, 1.54) is 25.7 Å². The predicted octanol–water partition coefficient (Wildman–Crippen LogP) is 3.28. The van der Waals surface area contributed by atoms with Crippen LogP contribution in [-0.2, 0) is 9.53 Å². The van der Waals surface area contributed by atoms with E-state index >= 15 is 0 Å². The Balaban J connectivity index is 1.43. The van der Waals surface area contributed by atoms with Crippen molar-refractivity contribution in [1.29, 1.82) is 0 Å². The van der Waals surface area contributed by atoms with Gasteiger partial charge in [0.2, 0.25) is 0 Å².